The molecule has 0 spiro atoms. The molecule has 1 aromatic carbocycles. The van der Waals surface area contributed by atoms with Crippen molar-refractivity contribution in [1.82, 2.24) is 5.43 Å². The van der Waals surface area contributed by atoms with Crippen LogP contribution in [0.5, 0.6) is 11.5 Å². The van der Waals surface area contributed by atoms with Gasteiger partial charge in [-0.05, 0) is 30.9 Å². The second kappa shape index (κ2) is 5.08. The Bertz CT molecular complexity index is 492. The molecule has 18 heavy (non-hydrogen) atoms. The number of carbonyl (C=O) groups excluding carboxylic acids is 1. The van der Waals surface area contributed by atoms with Crippen LogP contribution >= 0.6 is 0 Å². The third-order valence-electron chi connectivity index (χ3n) is 2.89. The average molecular weight is 248 g/mol. The number of amides is 1. The van der Waals surface area contributed by atoms with Gasteiger partial charge in [0.25, 0.3) is 0 Å². The van der Waals surface area contributed by atoms with Crippen molar-refractivity contribution in [3.63, 3.8) is 0 Å². The Labute approximate surface area is 105 Å². The Morgan fingerprint density at radius 2 is 2.22 bits per heavy atom. The van der Waals surface area contributed by atoms with Crippen LogP contribution in [0.15, 0.2) is 17.2 Å². The number of methoxy groups -OCH3 is 1. The summed E-state index contributed by atoms with van der Waals surface area (Å²) in [6.07, 6.45) is 2.60. The van der Waals surface area contributed by atoms with Crippen molar-refractivity contribution in [3.8, 4) is 11.5 Å². The number of carbonyl (C=O) groups is 1. The van der Waals surface area contributed by atoms with E-state index in [0.717, 1.165) is 36.1 Å². The Hall–Kier alpha value is -2.04. The number of ether oxygens (including phenoxy) is 1. The third kappa shape index (κ3) is 2.45. The minimum absolute atomic E-state index is 0.186. The van der Waals surface area contributed by atoms with E-state index in [1.807, 2.05) is 0 Å². The lowest BCUT2D eigenvalue weighted by Gasteiger charge is -2.20. The maximum atomic E-state index is 10.9. The predicted octanol–water partition coefficient (Wildman–Crippen LogP) is 1.58. The van der Waals surface area contributed by atoms with Crippen molar-refractivity contribution >= 4 is 11.6 Å². The lowest BCUT2D eigenvalue weighted by Crippen LogP contribution is -2.20. The number of aryl methyl sites for hydroxylation is 1. The largest absolute Gasteiger partial charge is 0.508 e. The SMILES string of the molecule is COc1cc(O)cc2c1/C(=N/NC(C)=O)CCC2. The van der Waals surface area contributed by atoms with Crippen LogP contribution in [0.3, 0.4) is 0 Å². The van der Waals surface area contributed by atoms with Gasteiger partial charge >= 0.3 is 0 Å². The van der Waals surface area contributed by atoms with E-state index in [1.165, 1.54) is 6.92 Å². The molecular weight excluding hydrogens is 232 g/mol. The number of benzene rings is 1. The first-order valence-electron chi connectivity index (χ1n) is 5.85. The Morgan fingerprint density at radius 3 is 2.89 bits per heavy atom. The number of nitrogens with zero attached hydrogens (tertiary/aromatic N) is 1. The highest BCUT2D eigenvalue weighted by molar-refractivity contribution is 6.05. The highest BCUT2D eigenvalue weighted by atomic mass is 16.5. The van der Waals surface area contributed by atoms with Gasteiger partial charge in [0.05, 0.1) is 12.8 Å². The van der Waals surface area contributed by atoms with Crippen LogP contribution in [0.25, 0.3) is 0 Å². The number of hydrogen-bond donors (Lipinski definition) is 2. The summed E-state index contributed by atoms with van der Waals surface area (Å²) in [5.74, 6) is 0.576. The molecule has 1 aliphatic rings. The zero-order chi connectivity index (χ0) is 13.1. The second-order valence-corrected chi connectivity index (χ2v) is 4.26. The molecule has 0 saturated carbocycles. The fourth-order valence-electron chi connectivity index (χ4n) is 2.17. The number of fused-ring (bicyclic) bond motifs is 1. The molecule has 0 atom stereocenters. The van der Waals surface area contributed by atoms with E-state index in [0.29, 0.717) is 5.75 Å². The zero-order valence-electron chi connectivity index (χ0n) is 10.5. The van der Waals surface area contributed by atoms with Gasteiger partial charge in [0.15, 0.2) is 0 Å². The molecule has 0 saturated heterocycles. The number of nitrogens with one attached hydrogen (secondary N) is 1. The highest BCUT2D eigenvalue weighted by Gasteiger charge is 2.21. The van der Waals surface area contributed by atoms with Crippen molar-refractivity contribution in [2.45, 2.75) is 26.2 Å². The highest BCUT2D eigenvalue weighted by Crippen LogP contribution is 2.33. The molecule has 2 N–H and O–H groups in total. The standard InChI is InChI=1S/C13H16N2O3/c1-8(16)14-15-11-5-3-4-9-6-10(17)7-12(18-2)13(9)11/h6-7,17H,3-5H2,1-2H3,(H,14,16)/b15-11+. The van der Waals surface area contributed by atoms with E-state index >= 15 is 0 Å². The second-order valence-electron chi connectivity index (χ2n) is 4.26. The minimum atomic E-state index is -0.202. The molecule has 0 bridgehead atoms. The van der Waals surface area contributed by atoms with Crippen LogP contribution < -0.4 is 10.2 Å². The van der Waals surface area contributed by atoms with Crippen molar-refractivity contribution in [3.05, 3.63) is 23.3 Å². The third-order valence-corrected chi connectivity index (χ3v) is 2.89. The summed E-state index contributed by atoms with van der Waals surface area (Å²) in [5, 5.41) is 13.7. The summed E-state index contributed by atoms with van der Waals surface area (Å²) in [6, 6.07) is 3.29. The number of phenols is 1. The Morgan fingerprint density at radius 1 is 1.44 bits per heavy atom. The van der Waals surface area contributed by atoms with Gasteiger partial charge < -0.3 is 9.84 Å². The normalized spacial score (nSPS) is 16.2. The van der Waals surface area contributed by atoms with Gasteiger partial charge in [0.1, 0.15) is 11.5 Å². The molecule has 96 valence electrons. The fourth-order valence-corrected chi connectivity index (χ4v) is 2.17. The van der Waals surface area contributed by atoms with Gasteiger partial charge in [-0.25, -0.2) is 5.43 Å². The summed E-state index contributed by atoms with van der Waals surface area (Å²) < 4.78 is 5.28. The molecule has 0 aliphatic heterocycles. The molecule has 1 aromatic rings. The molecule has 0 aromatic heterocycles. The first-order valence-corrected chi connectivity index (χ1v) is 5.85. The summed E-state index contributed by atoms with van der Waals surface area (Å²) in [7, 11) is 1.56. The number of hydrogen-bond acceptors (Lipinski definition) is 4. The van der Waals surface area contributed by atoms with Gasteiger partial charge in [-0.3, -0.25) is 4.79 Å². The molecule has 5 nitrogen and oxygen atoms in total. The van der Waals surface area contributed by atoms with Gasteiger partial charge in [0.2, 0.25) is 5.91 Å². The van der Waals surface area contributed by atoms with Gasteiger partial charge in [-0.2, -0.15) is 5.10 Å². The molecule has 1 amide bonds. The molecule has 1 aliphatic carbocycles. The lowest BCUT2D eigenvalue weighted by atomic mass is 9.89. The molecule has 0 unspecified atom stereocenters. The van der Waals surface area contributed by atoms with E-state index in [4.69, 9.17) is 4.74 Å². The molecular formula is C13H16N2O3. The molecule has 5 heteroatoms. The maximum absolute atomic E-state index is 10.9. The van der Waals surface area contributed by atoms with Crippen LogP contribution in [0.4, 0.5) is 0 Å². The van der Waals surface area contributed by atoms with E-state index in [2.05, 4.69) is 10.5 Å². The topological polar surface area (TPSA) is 70.9 Å². The van der Waals surface area contributed by atoms with Gasteiger partial charge in [-0.1, -0.05) is 0 Å². The van der Waals surface area contributed by atoms with E-state index in [1.54, 1.807) is 19.2 Å². The van der Waals surface area contributed by atoms with Gasteiger partial charge in [0, 0.05) is 18.6 Å². The zero-order valence-corrected chi connectivity index (χ0v) is 10.5. The van der Waals surface area contributed by atoms with Crippen LogP contribution in [-0.2, 0) is 11.2 Å². The number of phenolic OH excluding ortho intramolecular Hbond substituents is 1. The summed E-state index contributed by atoms with van der Waals surface area (Å²) >= 11 is 0. The van der Waals surface area contributed by atoms with E-state index < -0.39 is 0 Å². The van der Waals surface area contributed by atoms with Crippen molar-refractivity contribution < 1.29 is 14.6 Å². The molecule has 2 rings (SSSR count). The summed E-state index contributed by atoms with van der Waals surface area (Å²) in [5.41, 5.74) is 5.13. The summed E-state index contributed by atoms with van der Waals surface area (Å²) in [4.78, 5) is 10.9. The van der Waals surface area contributed by atoms with Crippen LogP contribution in [0.1, 0.15) is 30.9 Å². The molecule has 0 fully saturated rings. The summed E-state index contributed by atoms with van der Waals surface area (Å²) in [6.45, 7) is 1.42. The monoisotopic (exact) mass is 248 g/mol. The van der Waals surface area contributed by atoms with Crippen LogP contribution in [-0.4, -0.2) is 23.8 Å². The maximum Gasteiger partial charge on any atom is 0.236 e. The Kier molecular flexibility index (Phi) is 3.50. The van der Waals surface area contributed by atoms with Crippen LogP contribution in [0.2, 0.25) is 0 Å². The minimum Gasteiger partial charge on any atom is -0.508 e. The van der Waals surface area contributed by atoms with E-state index in [-0.39, 0.29) is 11.7 Å². The van der Waals surface area contributed by atoms with Gasteiger partial charge in [-0.15, -0.1) is 0 Å². The number of rotatable bonds is 2. The quantitative estimate of drug-likeness (QED) is 0.780. The molecule has 0 radical (unpaired) electrons. The smallest absolute Gasteiger partial charge is 0.236 e. The fraction of sp³-hybridized carbons (Fsp3) is 0.385. The van der Waals surface area contributed by atoms with Crippen molar-refractivity contribution in [2.24, 2.45) is 5.10 Å². The lowest BCUT2D eigenvalue weighted by molar-refractivity contribution is -0.118. The van der Waals surface area contributed by atoms with Crippen LogP contribution in [0, 0.1) is 0 Å². The number of hydrazone groups is 1. The predicted molar refractivity (Wildman–Crippen MR) is 68.0 cm³/mol. The van der Waals surface area contributed by atoms with Crippen molar-refractivity contribution in [1.29, 1.82) is 0 Å². The first-order chi connectivity index (χ1) is 8.61. The van der Waals surface area contributed by atoms with E-state index in [9.17, 15) is 9.90 Å². The van der Waals surface area contributed by atoms with Crippen molar-refractivity contribution in [2.75, 3.05) is 7.11 Å². The Balaban J connectivity index is 2.47. The average Bonchev–Trinajstić information content (AvgIpc) is 2.34. The first kappa shape index (κ1) is 12.4. The number of aromatic hydroxyl groups is 1. The molecule has 0 heterocycles.